The van der Waals surface area contributed by atoms with Crippen molar-refractivity contribution in [2.75, 3.05) is 0 Å². The van der Waals surface area contributed by atoms with Crippen LogP contribution in [0.3, 0.4) is 0 Å². The molecule has 3 aromatic rings. The van der Waals surface area contributed by atoms with Crippen LogP contribution in [-0.4, -0.2) is 24.4 Å². The van der Waals surface area contributed by atoms with Gasteiger partial charge >= 0.3 is 18.9 Å². The molecule has 3 rings (SSSR count). The van der Waals surface area contributed by atoms with Crippen LogP contribution in [0.4, 0.5) is 0 Å². The average Bonchev–Trinajstić information content (AvgIpc) is 2.63. The molecule has 0 saturated heterocycles. The SMILES string of the molecule is Cc1ccccc1C(=O)Pc1ccc(OCc2ccccc2)cc1Cl.[LiH]. The van der Waals surface area contributed by atoms with Gasteiger partial charge in [0.1, 0.15) is 12.4 Å². The molecule has 128 valence electrons. The fraction of sp³-hybridized carbons (Fsp3) is 0.0952. The van der Waals surface area contributed by atoms with E-state index in [0.29, 0.717) is 17.4 Å². The number of aryl methyl sites for hydroxylation is 1. The van der Waals surface area contributed by atoms with Gasteiger partial charge in [-0.25, -0.2) is 0 Å². The first-order chi connectivity index (χ1) is 12.1. The van der Waals surface area contributed by atoms with Crippen molar-refractivity contribution in [1.29, 1.82) is 0 Å². The summed E-state index contributed by atoms with van der Waals surface area (Å²) >= 11 is 6.36. The summed E-state index contributed by atoms with van der Waals surface area (Å²) in [5, 5.41) is 1.40. The van der Waals surface area contributed by atoms with Gasteiger partial charge in [0.2, 0.25) is 0 Å². The van der Waals surface area contributed by atoms with Crippen LogP contribution in [0.25, 0.3) is 0 Å². The normalized spacial score (nSPS) is 10.5. The summed E-state index contributed by atoms with van der Waals surface area (Å²) in [7, 11) is -0.00420. The second-order valence-electron chi connectivity index (χ2n) is 5.68. The van der Waals surface area contributed by atoms with E-state index >= 15 is 0 Å². The van der Waals surface area contributed by atoms with Gasteiger partial charge in [0.25, 0.3) is 0 Å². The van der Waals surface area contributed by atoms with Gasteiger partial charge in [-0.15, -0.1) is 0 Å². The first-order valence-corrected chi connectivity index (χ1v) is 9.34. The molecule has 0 N–H and O–H groups in total. The molecule has 5 heteroatoms. The van der Waals surface area contributed by atoms with Crippen LogP contribution in [0.15, 0.2) is 72.8 Å². The first kappa shape index (κ1) is 20.8. The molecule has 0 radical (unpaired) electrons. The molecule has 26 heavy (non-hydrogen) atoms. The van der Waals surface area contributed by atoms with Crippen molar-refractivity contribution in [3.05, 3.63) is 94.5 Å². The summed E-state index contributed by atoms with van der Waals surface area (Å²) < 4.78 is 5.77. The zero-order chi connectivity index (χ0) is 17.6. The molecule has 0 aliphatic rings. The van der Waals surface area contributed by atoms with Gasteiger partial charge in [-0.05, 0) is 50.1 Å². The third-order valence-corrected chi connectivity index (χ3v) is 5.50. The van der Waals surface area contributed by atoms with E-state index in [-0.39, 0.29) is 33.0 Å². The van der Waals surface area contributed by atoms with Crippen molar-refractivity contribution >= 4 is 49.9 Å². The Labute approximate surface area is 172 Å². The van der Waals surface area contributed by atoms with E-state index in [0.717, 1.165) is 22.0 Å². The van der Waals surface area contributed by atoms with Crippen molar-refractivity contribution in [2.24, 2.45) is 0 Å². The zero-order valence-corrected chi connectivity index (χ0v) is 15.6. The van der Waals surface area contributed by atoms with Crippen LogP contribution in [0.2, 0.25) is 5.02 Å². The van der Waals surface area contributed by atoms with Gasteiger partial charge in [-0.3, -0.25) is 4.79 Å². The predicted molar refractivity (Wildman–Crippen MR) is 113 cm³/mol. The third-order valence-electron chi connectivity index (χ3n) is 3.83. The van der Waals surface area contributed by atoms with Crippen molar-refractivity contribution < 1.29 is 9.53 Å². The monoisotopic (exact) mass is 376 g/mol. The Morgan fingerprint density at radius 1 is 1.00 bits per heavy atom. The van der Waals surface area contributed by atoms with Gasteiger partial charge < -0.3 is 4.74 Å². The quantitative estimate of drug-likeness (QED) is 0.459. The minimum absolute atomic E-state index is 0. The molecule has 1 unspecified atom stereocenters. The molecule has 0 aromatic heterocycles. The predicted octanol–water partition coefficient (Wildman–Crippen LogP) is 4.72. The molecular weight excluding hydrogens is 358 g/mol. The molecule has 3 aromatic carbocycles. The molecule has 0 aliphatic carbocycles. The second kappa shape index (κ2) is 9.96. The summed E-state index contributed by atoms with van der Waals surface area (Å²) in [6, 6.07) is 23.1. The standard InChI is InChI=1S/C21H18ClO2P.Li.H/c1-15-7-5-6-10-18(15)21(23)25-20-12-11-17(13-19(20)22)24-14-16-8-3-2-4-9-16;;/h2-13,25H,14H2,1H3;;. The number of carbonyl (C=O) groups excluding carboxylic acids is 1. The van der Waals surface area contributed by atoms with E-state index in [1.54, 1.807) is 6.07 Å². The number of hydrogen-bond donors (Lipinski definition) is 0. The molecule has 0 spiro atoms. The van der Waals surface area contributed by atoms with Gasteiger partial charge in [0, 0.05) is 5.56 Å². The fourth-order valence-electron chi connectivity index (χ4n) is 2.45. The van der Waals surface area contributed by atoms with Gasteiger partial charge in [0.05, 0.1) is 5.02 Å². The van der Waals surface area contributed by atoms with E-state index in [1.165, 1.54) is 0 Å². The van der Waals surface area contributed by atoms with Crippen LogP contribution in [0.1, 0.15) is 21.5 Å². The Kier molecular flexibility index (Phi) is 7.95. The minimum atomic E-state index is -0.00420. The molecule has 0 amide bonds. The number of benzene rings is 3. The third kappa shape index (κ3) is 5.47. The van der Waals surface area contributed by atoms with Crippen LogP contribution in [0.5, 0.6) is 5.75 Å². The van der Waals surface area contributed by atoms with E-state index < -0.39 is 0 Å². The Balaban J connectivity index is 0.00000243. The summed E-state index contributed by atoms with van der Waals surface area (Å²) in [6.07, 6.45) is 0. The molecule has 0 aliphatic heterocycles. The van der Waals surface area contributed by atoms with Crippen LogP contribution in [-0.2, 0) is 6.61 Å². The molecule has 0 fully saturated rings. The topological polar surface area (TPSA) is 26.3 Å². The second-order valence-corrected chi connectivity index (χ2v) is 7.33. The number of rotatable bonds is 6. The van der Waals surface area contributed by atoms with E-state index in [9.17, 15) is 4.79 Å². The fourth-order valence-corrected chi connectivity index (χ4v) is 3.78. The average molecular weight is 377 g/mol. The van der Waals surface area contributed by atoms with E-state index in [1.807, 2.05) is 73.7 Å². The van der Waals surface area contributed by atoms with Gasteiger partial charge in [-0.1, -0.05) is 66.2 Å². The molecule has 1 atom stereocenters. The van der Waals surface area contributed by atoms with Crippen molar-refractivity contribution in [3.63, 3.8) is 0 Å². The molecule has 0 saturated carbocycles. The van der Waals surface area contributed by atoms with Crippen molar-refractivity contribution in [3.8, 4) is 5.75 Å². The number of ether oxygens (including phenoxy) is 1. The summed E-state index contributed by atoms with van der Waals surface area (Å²) in [6.45, 7) is 2.43. The van der Waals surface area contributed by atoms with Gasteiger partial charge in [-0.2, -0.15) is 0 Å². The van der Waals surface area contributed by atoms with Crippen molar-refractivity contribution in [2.45, 2.75) is 13.5 Å². The molecular formula is C21H19ClLiO2P. The van der Waals surface area contributed by atoms with Crippen LogP contribution in [0, 0.1) is 6.92 Å². The Morgan fingerprint density at radius 2 is 1.69 bits per heavy atom. The Morgan fingerprint density at radius 3 is 2.38 bits per heavy atom. The molecule has 0 heterocycles. The summed E-state index contributed by atoms with van der Waals surface area (Å²) in [5.41, 5.74) is 2.93. The Bertz CT molecular complexity index is 884. The summed E-state index contributed by atoms with van der Waals surface area (Å²) in [5.74, 6) is 0.700. The van der Waals surface area contributed by atoms with Crippen molar-refractivity contribution in [1.82, 2.24) is 0 Å². The maximum atomic E-state index is 12.5. The summed E-state index contributed by atoms with van der Waals surface area (Å²) in [4.78, 5) is 12.5. The van der Waals surface area contributed by atoms with Crippen LogP contribution < -0.4 is 10.0 Å². The maximum absolute atomic E-state index is 12.5. The zero-order valence-electron chi connectivity index (χ0n) is 13.8. The number of carbonyl (C=O) groups is 1. The molecule has 2 nitrogen and oxygen atoms in total. The van der Waals surface area contributed by atoms with Crippen LogP contribution >= 0.6 is 20.2 Å². The number of hydrogen-bond acceptors (Lipinski definition) is 2. The molecule has 0 bridgehead atoms. The Hall–Kier alpha value is -1.55. The first-order valence-electron chi connectivity index (χ1n) is 7.97. The van der Waals surface area contributed by atoms with E-state index in [4.69, 9.17) is 16.3 Å². The van der Waals surface area contributed by atoms with Gasteiger partial charge in [0.15, 0.2) is 5.52 Å². The van der Waals surface area contributed by atoms with E-state index in [2.05, 4.69) is 0 Å². The number of halogens is 1.